The first-order chi connectivity index (χ1) is 13.7. The van der Waals surface area contributed by atoms with Gasteiger partial charge >= 0.3 is 0 Å². The Morgan fingerprint density at radius 1 is 0.893 bits per heavy atom. The molecule has 0 spiro atoms. The quantitative estimate of drug-likeness (QED) is 0.531. The van der Waals surface area contributed by atoms with Crippen molar-refractivity contribution in [3.8, 4) is 33.5 Å². The minimum Gasteiger partial charge on any atom is -0.322 e. The summed E-state index contributed by atoms with van der Waals surface area (Å²) in [7, 11) is 0. The molecule has 2 aromatic carbocycles. The Kier molecular flexibility index (Phi) is 5.23. The van der Waals surface area contributed by atoms with Crippen molar-refractivity contribution in [2.24, 2.45) is 5.73 Å². The fraction of sp³-hybridized carbons (Fsp3) is 0.0455. The van der Waals surface area contributed by atoms with Gasteiger partial charge in [0.25, 0.3) is 0 Å². The van der Waals surface area contributed by atoms with Gasteiger partial charge in [0.15, 0.2) is 5.13 Å². The van der Waals surface area contributed by atoms with E-state index in [1.54, 1.807) is 12.4 Å². The molecule has 0 fully saturated rings. The van der Waals surface area contributed by atoms with Crippen LogP contribution < -0.4 is 11.1 Å². The molecule has 0 unspecified atom stereocenters. The SMILES string of the molecule is NCC(=O)Nc1nc(-c2ccc(-c3cccc(-c4ccncc4)c3)cc2)cs1. The fourth-order valence-corrected chi connectivity index (χ4v) is 3.63. The third kappa shape index (κ3) is 3.98. The van der Waals surface area contributed by atoms with E-state index in [1.165, 1.54) is 11.3 Å². The van der Waals surface area contributed by atoms with Crippen LogP contribution in [0.2, 0.25) is 0 Å². The zero-order valence-electron chi connectivity index (χ0n) is 15.0. The summed E-state index contributed by atoms with van der Waals surface area (Å²) in [5.74, 6) is -0.245. The maximum absolute atomic E-state index is 11.4. The average Bonchev–Trinajstić information content (AvgIpc) is 3.23. The van der Waals surface area contributed by atoms with Crippen molar-refractivity contribution < 1.29 is 4.79 Å². The van der Waals surface area contributed by atoms with Crippen LogP contribution in [-0.4, -0.2) is 22.4 Å². The van der Waals surface area contributed by atoms with Crippen molar-refractivity contribution in [3.63, 3.8) is 0 Å². The lowest BCUT2D eigenvalue weighted by molar-refractivity contribution is -0.114. The van der Waals surface area contributed by atoms with Gasteiger partial charge in [0, 0.05) is 23.3 Å². The monoisotopic (exact) mass is 386 g/mol. The highest BCUT2D eigenvalue weighted by Gasteiger charge is 2.08. The Morgan fingerprint density at radius 2 is 1.54 bits per heavy atom. The van der Waals surface area contributed by atoms with Crippen LogP contribution in [0.4, 0.5) is 5.13 Å². The van der Waals surface area contributed by atoms with Crippen molar-refractivity contribution in [2.45, 2.75) is 0 Å². The smallest absolute Gasteiger partial charge is 0.239 e. The molecule has 0 atom stereocenters. The molecule has 4 aromatic rings. The van der Waals surface area contributed by atoms with E-state index in [0.717, 1.165) is 33.5 Å². The number of anilines is 1. The number of nitrogens with two attached hydrogens (primary N) is 1. The highest BCUT2D eigenvalue weighted by Crippen LogP contribution is 2.29. The van der Waals surface area contributed by atoms with Crippen LogP contribution in [-0.2, 0) is 4.79 Å². The van der Waals surface area contributed by atoms with Gasteiger partial charge < -0.3 is 11.1 Å². The van der Waals surface area contributed by atoms with Crippen LogP contribution >= 0.6 is 11.3 Å². The van der Waals surface area contributed by atoms with E-state index in [-0.39, 0.29) is 12.5 Å². The zero-order chi connectivity index (χ0) is 19.3. The number of hydrogen-bond acceptors (Lipinski definition) is 5. The van der Waals surface area contributed by atoms with Gasteiger partial charge in [0.1, 0.15) is 0 Å². The summed E-state index contributed by atoms with van der Waals surface area (Å²) < 4.78 is 0. The van der Waals surface area contributed by atoms with Crippen LogP contribution in [0.15, 0.2) is 78.4 Å². The molecular formula is C22H18N4OS. The Bertz CT molecular complexity index is 1090. The van der Waals surface area contributed by atoms with Gasteiger partial charge in [-0.2, -0.15) is 0 Å². The third-order valence-electron chi connectivity index (χ3n) is 4.33. The largest absolute Gasteiger partial charge is 0.322 e. The molecule has 6 heteroatoms. The molecule has 0 bridgehead atoms. The van der Waals surface area contributed by atoms with Crippen LogP contribution in [0.25, 0.3) is 33.5 Å². The number of aromatic nitrogens is 2. The second-order valence-corrected chi connectivity index (χ2v) is 7.04. The lowest BCUT2D eigenvalue weighted by Crippen LogP contribution is -2.21. The third-order valence-corrected chi connectivity index (χ3v) is 5.08. The summed E-state index contributed by atoms with van der Waals surface area (Å²) in [5.41, 5.74) is 11.7. The van der Waals surface area contributed by atoms with Crippen LogP contribution in [0.3, 0.4) is 0 Å². The topological polar surface area (TPSA) is 80.9 Å². The highest BCUT2D eigenvalue weighted by atomic mass is 32.1. The summed E-state index contributed by atoms with van der Waals surface area (Å²) in [6.45, 7) is -0.0534. The molecule has 28 heavy (non-hydrogen) atoms. The number of hydrogen-bond donors (Lipinski definition) is 2. The van der Waals surface area contributed by atoms with Crippen molar-refractivity contribution in [1.29, 1.82) is 0 Å². The number of benzene rings is 2. The molecular weight excluding hydrogens is 368 g/mol. The summed E-state index contributed by atoms with van der Waals surface area (Å²) in [4.78, 5) is 19.9. The molecule has 0 aliphatic rings. The predicted octanol–water partition coefficient (Wildman–Crippen LogP) is 4.44. The van der Waals surface area contributed by atoms with Gasteiger partial charge in [-0.1, -0.05) is 42.5 Å². The molecule has 1 amide bonds. The van der Waals surface area contributed by atoms with E-state index in [9.17, 15) is 4.79 Å². The maximum Gasteiger partial charge on any atom is 0.239 e. The lowest BCUT2D eigenvalue weighted by atomic mass is 9.98. The maximum atomic E-state index is 11.4. The van der Waals surface area contributed by atoms with E-state index in [0.29, 0.717) is 5.13 Å². The molecule has 0 aliphatic carbocycles. The Balaban J connectivity index is 1.56. The van der Waals surface area contributed by atoms with Crippen LogP contribution in [0.5, 0.6) is 0 Å². The van der Waals surface area contributed by atoms with E-state index >= 15 is 0 Å². The molecule has 2 aromatic heterocycles. The van der Waals surface area contributed by atoms with E-state index < -0.39 is 0 Å². The predicted molar refractivity (Wildman–Crippen MR) is 114 cm³/mol. The van der Waals surface area contributed by atoms with Crippen LogP contribution in [0.1, 0.15) is 0 Å². The van der Waals surface area contributed by atoms with E-state index in [1.807, 2.05) is 29.6 Å². The lowest BCUT2D eigenvalue weighted by Gasteiger charge is -2.07. The Hall–Kier alpha value is -3.35. The number of thiazole rings is 1. The molecule has 0 radical (unpaired) electrons. The number of rotatable bonds is 5. The molecule has 3 N–H and O–H groups in total. The van der Waals surface area contributed by atoms with Gasteiger partial charge in [0.05, 0.1) is 12.2 Å². The van der Waals surface area contributed by atoms with Crippen molar-refractivity contribution in [1.82, 2.24) is 9.97 Å². The molecule has 0 aliphatic heterocycles. The number of amides is 1. The standard InChI is InChI=1S/C22H18N4OS/c23-13-21(27)26-22-25-20(14-28-22)17-6-4-15(5-7-17)18-2-1-3-19(12-18)16-8-10-24-11-9-16/h1-12,14H,13,23H2,(H,25,26,27). The van der Waals surface area contributed by atoms with Gasteiger partial charge in [-0.05, 0) is 40.5 Å². The van der Waals surface area contributed by atoms with Crippen molar-refractivity contribution in [3.05, 3.63) is 78.4 Å². The highest BCUT2D eigenvalue weighted by molar-refractivity contribution is 7.14. The van der Waals surface area contributed by atoms with E-state index in [4.69, 9.17) is 5.73 Å². The first kappa shape index (κ1) is 18.0. The minimum absolute atomic E-state index is 0.0534. The molecule has 5 nitrogen and oxygen atoms in total. The number of carbonyl (C=O) groups is 1. The molecule has 2 heterocycles. The summed E-state index contributed by atoms with van der Waals surface area (Å²) >= 11 is 1.38. The Labute approximate surface area is 166 Å². The summed E-state index contributed by atoms with van der Waals surface area (Å²) in [5, 5.41) is 5.16. The number of nitrogens with one attached hydrogen (secondary N) is 1. The van der Waals surface area contributed by atoms with Gasteiger partial charge in [0.2, 0.25) is 5.91 Å². The van der Waals surface area contributed by atoms with Crippen molar-refractivity contribution in [2.75, 3.05) is 11.9 Å². The first-order valence-electron chi connectivity index (χ1n) is 8.79. The zero-order valence-corrected chi connectivity index (χ0v) is 15.8. The fourth-order valence-electron chi connectivity index (χ4n) is 2.89. The summed E-state index contributed by atoms with van der Waals surface area (Å²) in [6, 6.07) is 20.7. The van der Waals surface area contributed by atoms with E-state index in [2.05, 4.69) is 51.7 Å². The average molecular weight is 386 g/mol. The van der Waals surface area contributed by atoms with Gasteiger partial charge in [-0.3, -0.25) is 9.78 Å². The molecule has 0 saturated carbocycles. The molecule has 138 valence electrons. The number of pyridine rings is 1. The minimum atomic E-state index is -0.245. The number of carbonyl (C=O) groups excluding carboxylic acids is 1. The van der Waals surface area contributed by atoms with Crippen LogP contribution in [0, 0.1) is 0 Å². The van der Waals surface area contributed by atoms with Gasteiger partial charge in [-0.25, -0.2) is 4.98 Å². The molecule has 0 saturated heterocycles. The van der Waals surface area contributed by atoms with Crippen molar-refractivity contribution >= 4 is 22.4 Å². The second kappa shape index (κ2) is 8.12. The van der Waals surface area contributed by atoms with Gasteiger partial charge in [-0.15, -0.1) is 11.3 Å². The summed E-state index contributed by atoms with van der Waals surface area (Å²) in [6.07, 6.45) is 3.60. The second-order valence-electron chi connectivity index (χ2n) is 6.18. The molecule has 4 rings (SSSR count). The Morgan fingerprint density at radius 3 is 2.21 bits per heavy atom. The normalized spacial score (nSPS) is 10.6. The number of nitrogens with zero attached hydrogens (tertiary/aromatic N) is 2. The first-order valence-corrected chi connectivity index (χ1v) is 9.67.